The van der Waals surface area contributed by atoms with Gasteiger partial charge < -0.3 is 10.2 Å². The summed E-state index contributed by atoms with van der Waals surface area (Å²) in [5, 5.41) is 17.2. The quantitative estimate of drug-likeness (QED) is 0.625. The van der Waals surface area contributed by atoms with E-state index in [0.717, 1.165) is 6.07 Å². The average molecular weight is 242 g/mol. The zero-order chi connectivity index (χ0) is 12.3. The second kappa shape index (κ2) is 4.80. The Morgan fingerprint density at radius 2 is 1.94 bits per heavy atom. The fourth-order valence-electron chi connectivity index (χ4n) is 0.931. The molecule has 0 unspecified atom stereocenters. The lowest BCUT2D eigenvalue weighted by atomic mass is 10.2. The largest absolute Gasteiger partial charge is 0.478 e. The van der Waals surface area contributed by atoms with Gasteiger partial charge >= 0.3 is 11.9 Å². The molecule has 0 atom stereocenters. The van der Waals surface area contributed by atoms with Gasteiger partial charge in [0.2, 0.25) is 0 Å². The van der Waals surface area contributed by atoms with Crippen LogP contribution in [0.25, 0.3) is 0 Å². The summed E-state index contributed by atoms with van der Waals surface area (Å²) in [5.41, 5.74) is -0.497. The van der Waals surface area contributed by atoms with Gasteiger partial charge in [-0.25, -0.2) is 14.0 Å². The maximum absolute atomic E-state index is 13.5. The van der Waals surface area contributed by atoms with Gasteiger partial charge in [-0.15, -0.1) is 0 Å². The second-order valence-corrected chi connectivity index (χ2v) is 3.89. The molecule has 0 saturated carbocycles. The fourth-order valence-corrected chi connectivity index (χ4v) is 1.63. The number of rotatable bonds is 4. The van der Waals surface area contributed by atoms with Gasteiger partial charge in [0.05, 0.1) is 10.5 Å². The summed E-state index contributed by atoms with van der Waals surface area (Å²) < 4.78 is 13.5. The summed E-state index contributed by atoms with van der Waals surface area (Å²) in [7, 11) is 0. The number of hydrogen-bond acceptors (Lipinski definition) is 3. The van der Waals surface area contributed by atoms with Gasteiger partial charge in [0.1, 0.15) is 0 Å². The van der Waals surface area contributed by atoms with Crippen LogP contribution in [0.5, 0.6) is 0 Å². The molecule has 0 fully saturated rings. The number of hydrogen-bond donors (Lipinski definition) is 2. The first-order valence-electron chi connectivity index (χ1n) is 4.05. The third-order valence-corrected chi connectivity index (χ3v) is 2.62. The van der Waals surface area contributed by atoms with Gasteiger partial charge in [0.15, 0.2) is 5.82 Å². The molecule has 4 nitrogen and oxygen atoms in total. The number of aliphatic carboxylic acids is 1. The molecule has 16 heavy (non-hydrogen) atoms. The molecule has 0 spiro atoms. The predicted molar refractivity (Wildman–Crippen MR) is 56.0 cm³/mol. The van der Waals surface area contributed by atoms with Crippen LogP contribution in [-0.4, -0.2) is 22.2 Å². The minimum atomic E-state index is -1.40. The number of halogens is 1. The van der Waals surface area contributed by atoms with Gasteiger partial charge in [-0.05, 0) is 12.1 Å². The van der Waals surface area contributed by atoms with E-state index < -0.39 is 23.3 Å². The third kappa shape index (κ3) is 2.60. The smallest absolute Gasteiger partial charge is 0.341 e. The van der Waals surface area contributed by atoms with E-state index in [1.54, 1.807) is 0 Å². The molecule has 2 N–H and O–H groups in total. The number of carboxylic acid groups (broad SMARTS) is 2. The Kier molecular flexibility index (Phi) is 3.68. The van der Waals surface area contributed by atoms with Crippen molar-refractivity contribution in [3.05, 3.63) is 41.1 Å². The Hall–Kier alpha value is -1.82. The zero-order valence-corrected chi connectivity index (χ0v) is 8.75. The van der Waals surface area contributed by atoms with E-state index in [2.05, 4.69) is 6.58 Å². The SMILES string of the molecule is C=C(Sc1cccc(C(=O)O)c1F)C(=O)O. The van der Waals surface area contributed by atoms with E-state index >= 15 is 0 Å². The van der Waals surface area contributed by atoms with Crippen LogP contribution in [0.3, 0.4) is 0 Å². The Morgan fingerprint density at radius 3 is 2.44 bits per heavy atom. The molecule has 84 valence electrons. The number of carbonyl (C=O) groups is 2. The number of benzene rings is 1. The number of thioether (sulfide) groups is 1. The van der Waals surface area contributed by atoms with Crippen molar-refractivity contribution in [2.24, 2.45) is 0 Å². The minimum Gasteiger partial charge on any atom is -0.478 e. The van der Waals surface area contributed by atoms with Crippen LogP contribution < -0.4 is 0 Å². The molecule has 1 rings (SSSR count). The van der Waals surface area contributed by atoms with Crippen LogP contribution in [0.2, 0.25) is 0 Å². The third-order valence-electron chi connectivity index (χ3n) is 1.67. The van der Waals surface area contributed by atoms with Crippen molar-refractivity contribution in [3.63, 3.8) is 0 Å². The first kappa shape index (κ1) is 12.3. The van der Waals surface area contributed by atoms with Crippen LogP contribution in [0, 0.1) is 5.82 Å². The van der Waals surface area contributed by atoms with E-state index in [9.17, 15) is 14.0 Å². The van der Waals surface area contributed by atoms with Crippen LogP contribution in [0.1, 0.15) is 10.4 Å². The summed E-state index contributed by atoms with van der Waals surface area (Å²) in [6.45, 7) is 3.21. The lowest BCUT2D eigenvalue weighted by Gasteiger charge is -2.04. The Morgan fingerprint density at radius 1 is 1.31 bits per heavy atom. The van der Waals surface area contributed by atoms with Crippen LogP contribution in [0.4, 0.5) is 4.39 Å². The van der Waals surface area contributed by atoms with Gasteiger partial charge in [0, 0.05) is 4.90 Å². The molecular formula is C10H7FO4S. The summed E-state index contributed by atoms with van der Waals surface area (Å²) in [5.74, 6) is -3.63. The highest BCUT2D eigenvalue weighted by molar-refractivity contribution is 8.04. The molecule has 0 aromatic heterocycles. The molecule has 6 heteroatoms. The zero-order valence-electron chi connectivity index (χ0n) is 7.94. The van der Waals surface area contributed by atoms with E-state index in [1.165, 1.54) is 12.1 Å². The highest BCUT2D eigenvalue weighted by Gasteiger charge is 2.16. The molecule has 0 aliphatic carbocycles. The molecule has 1 aromatic rings. The molecule has 0 bridgehead atoms. The van der Waals surface area contributed by atoms with Gasteiger partial charge in [-0.2, -0.15) is 0 Å². The molecule has 0 amide bonds. The van der Waals surface area contributed by atoms with Crippen molar-refractivity contribution >= 4 is 23.7 Å². The van der Waals surface area contributed by atoms with Crippen molar-refractivity contribution in [1.29, 1.82) is 0 Å². The Bertz CT molecular complexity index is 470. The summed E-state index contributed by atoms with van der Waals surface area (Å²) in [6, 6.07) is 3.73. The van der Waals surface area contributed by atoms with E-state index in [1.807, 2.05) is 0 Å². The molecule has 0 aliphatic rings. The van der Waals surface area contributed by atoms with Crippen LogP contribution in [0.15, 0.2) is 34.6 Å². The maximum Gasteiger partial charge on any atom is 0.341 e. The van der Waals surface area contributed by atoms with Gasteiger partial charge in [-0.1, -0.05) is 24.4 Å². The topological polar surface area (TPSA) is 74.6 Å². The highest BCUT2D eigenvalue weighted by Crippen LogP contribution is 2.29. The fraction of sp³-hybridized carbons (Fsp3) is 0. The first-order chi connectivity index (χ1) is 7.43. The molecule has 0 saturated heterocycles. The number of carboxylic acids is 2. The Labute approximate surface area is 94.4 Å². The maximum atomic E-state index is 13.5. The lowest BCUT2D eigenvalue weighted by molar-refractivity contribution is -0.131. The average Bonchev–Trinajstić information content (AvgIpc) is 2.20. The predicted octanol–water partition coefficient (Wildman–Crippen LogP) is 2.21. The molecule has 1 aromatic carbocycles. The normalized spacial score (nSPS) is 9.81. The standard InChI is InChI=1S/C10H7FO4S/c1-5(9(12)13)16-7-4-2-3-6(8(7)11)10(14)15/h2-4H,1H2,(H,12,13)(H,14,15). The first-order valence-corrected chi connectivity index (χ1v) is 4.87. The van der Waals surface area contributed by atoms with Gasteiger partial charge in [0.25, 0.3) is 0 Å². The summed E-state index contributed by atoms with van der Waals surface area (Å²) in [6.07, 6.45) is 0. The van der Waals surface area contributed by atoms with E-state index in [0.29, 0.717) is 11.8 Å². The van der Waals surface area contributed by atoms with Crippen LogP contribution >= 0.6 is 11.8 Å². The van der Waals surface area contributed by atoms with Crippen molar-refractivity contribution in [3.8, 4) is 0 Å². The van der Waals surface area contributed by atoms with Gasteiger partial charge in [-0.3, -0.25) is 0 Å². The molecule has 0 aliphatic heterocycles. The van der Waals surface area contributed by atoms with Crippen molar-refractivity contribution in [2.75, 3.05) is 0 Å². The van der Waals surface area contributed by atoms with Crippen molar-refractivity contribution in [2.45, 2.75) is 4.90 Å². The monoisotopic (exact) mass is 242 g/mol. The number of aromatic carboxylic acids is 1. The van der Waals surface area contributed by atoms with E-state index in [4.69, 9.17) is 10.2 Å². The summed E-state index contributed by atoms with van der Waals surface area (Å²) in [4.78, 5) is 20.7. The van der Waals surface area contributed by atoms with Crippen molar-refractivity contribution < 1.29 is 24.2 Å². The molecular weight excluding hydrogens is 235 g/mol. The molecule has 0 radical (unpaired) electrons. The van der Waals surface area contributed by atoms with Crippen molar-refractivity contribution in [1.82, 2.24) is 0 Å². The minimum absolute atomic E-state index is 0.0766. The second-order valence-electron chi connectivity index (χ2n) is 2.75. The van der Waals surface area contributed by atoms with Crippen LogP contribution in [-0.2, 0) is 4.79 Å². The summed E-state index contributed by atoms with van der Waals surface area (Å²) >= 11 is 0.578. The highest BCUT2D eigenvalue weighted by atomic mass is 32.2. The van der Waals surface area contributed by atoms with E-state index in [-0.39, 0.29) is 9.80 Å². The Balaban J connectivity index is 3.07. The molecule has 0 heterocycles. The lowest BCUT2D eigenvalue weighted by Crippen LogP contribution is -2.02.